The SMILES string of the molecule is CCN(CC(C)C)C(=O)c1cc(C)c(/C=C/C(=O)O)s1. The van der Waals surface area contributed by atoms with E-state index in [-0.39, 0.29) is 5.91 Å². The molecule has 20 heavy (non-hydrogen) atoms. The maximum Gasteiger partial charge on any atom is 0.328 e. The lowest BCUT2D eigenvalue weighted by Crippen LogP contribution is -2.33. The van der Waals surface area contributed by atoms with Crippen molar-refractivity contribution in [3.63, 3.8) is 0 Å². The third-order valence-corrected chi connectivity index (χ3v) is 3.99. The first-order valence-electron chi connectivity index (χ1n) is 6.65. The quantitative estimate of drug-likeness (QED) is 0.819. The van der Waals surface area contributed by atoms with Crippen molar-refractivity contribution in [3.05, 3.63) is 27.5 Å². The van der Waals surface area contributed by atoms with Gasteiger partial charge in [0.15, 0.2) is 0 Å². The van der Waals surface area contributed by atoms with Crippen LogP contribution in [0.1, 0.15) is 40.9 Å². The summed E-state index contributed by atoms with van der Waals surface area (Å²) in [4.78, 5) is 26.3. The minimum atomic E-state index is -0.985. The number of nitrogens with zero attached hydrogens (tertiary/aromatic N) is 1. The zero-order valence-electron chi connectivity index (χ0n) is 12.3. The lowest BCUT2D eigenvalue weighted by atomic mass is 10.2. The maximum absolute atomic E-state index is 12.4. The molecule has 0 fully saturated rings. The molecule has 0 bridgehead atoms. The number of carbonyl (C=O) groups is 2. The van der Waals surface area contributed by atoms with Gasteiger partial charge in [0.25, 0.3) is 5.91 Å². The van der Waals surface area contributed by atoms with Crippen LogP contribution in [0.2, 0.25) is 0 Å². The van der Waals surface area contributed by atoms with Gasteiger partial charge in [-0.3, -0.25) is 4.79 Å². The Labute approximate surface area is 123 Å². The second-order valence-corrected chi connectivity index (χ2v) is 6.15. The lowest BCUT2D eigenvalue weighted by Gasteiger charge is -2.22. The van der Waals surface area contributed by atoms with E-state index in [0.717, 1.165) is 23.1 Å². The number of amides is 1. The zero-order valence-corrected chi connectivity index (χ0v) is 13.2. The zero-order chi connectivity index (χ0) is 15.3. The van der Waals surface area contributed by atoms with Crippen LogP contribution in [0.3, 0.4) is 0 Å². The minimum absolute atomic E-state index is 0.0178. The fraction of sp³-hybridized carbons (Fsp3) is 0.467. The maximum atomic E-state index is 12.4. The van der Waals surface area contributed by atoms with E-state index < -0.39 is 5.97 Å². The van der Waals surface area contributed by atoms with Crippen LogP contribution < -0.4 is 0 Å². The number of thiophene rings is 1. The van der Waals surface area contributed by atoms with Crippen LogP contribution in [0, 0.1) is 12.8 Å². The molecule has 0 saturated carbocycles. The van der Waals surface area contributed by atoms with Gasteiger partial charge in [0, 0.05) is 24.0 Å². The Bertz CT molecular complexity index is 517. The summed E-state index contributed by atoms with van der Waals surface area (Å²) in [7, 11) is 0. The number of aliphatic carboxylic acids is 1. The normalized spacial score (nSPS) is 11.2. The molecule has 0 aliphatic heterocycles. The summed E-state index contributed by atoms with van der Waals surface area (Å²) in [6.45, 7) is 9.41. The first kappa shape index (κ1) is 16.4. The lowest BCUT2D eigenvalue weighted by molar-refractivity contribution is -0.131. The van der Waals surface area contributed by atoms with Crippen LogP contribution in [0.15, 0.2) is 12.1 Å². The molecule has 0 aromatic carbocycles. The summed E-state index contributed by atoms with van der Waals surface area (Å²) in [5.74, 6) is -0.545. The molecule has 0 aliphatic rings. The molecule has 1 aromatic heterocycles. The summed E-state index contributed by atoms with van der Waals surface area (Å²) in [6, 6.07) is 1.83. The van der Waals surface area contributed by atoms with Gasteiger partial charge < -0.3 is 10.0 Å². The molecular formula is C15H21NO3S. The molecule has 5 heteroatoms. The van der Waals surface area contributed by atoms with Gasteiger partial charge in [-0.1, -0.05) is 13.8 Å². The highest BCUT2D eigenvalue weighted by molar-refractivity contribution is 7.15. The van der Waals surface area contributed by atoms with Crippen LogP contribution in [0.25, 0.3) is 6.08 Å². The Morgan fingerprint density at radius 1 is 1.45 bits per heavy atom. The van der Waals surface area contributed by atoms with E-state index in [1.54, 1.807) is 0 Å². The van der Waals surface area contributed by atoms with Crippen molar-refractivity contribution in [2.75, 3.05) is 13.1 Å². The predicted molar refractivity (Wildman–Crippen MR) is 82.1 cm³/mol. The molecule has 110 valence electrons. The molecule has 1 N–H and O–H groups in total. The first-order chi connectivity index (χ1) is 9.35. The Morgan fingerprint density at radius 3 is 2.60 bits per heavy atom. The van der Waals surface area contributed by atoms with Crippen molar-refractivity contribution in [2.45, 2.75) is 27.7 Å². The van der Waals surface area contributed by atoms with Crippen LogP contribution in [-0.4, -0.2) is 35.0 Å². The smallest absolute Gasteiger partial charge is 0.328 e. The van der Waals surface area contributed by atoms with Gasteiger partial charge in [-0.15, -0.1) is 11.3 Å². The number of hydrogen-bond donors (Lipinski definition) is 1. The summed E-state index contributed by atoms with van der Waals surface area (Å²) >= 11 is 1.34. The van der Waals surface area contributed by atoms with Gasteiger partial charge in [-0.25, -0.2) is 4.79 Å². The Kier molecular flexibility index (Phi) is 5.95. The number of carboxylic acid groups (broad SMARTS) is 1. The average Bonchev–Trinajstić information content (AvgIpc) is 2.73. The van der Waals surface area contributed by atoms with Crippen LogP contribution in [-0.2, 0) is 4.79 Å². The second-order valence-electron chi connectivity index (χ2n) is 5.07. The van der Waals surface area contributed by atoms with Crippen molar-refractivity contribution in [3.8, 4) is 0 Å². The van der Waals surface area contributed by atoms with E-state index in [0.29, 0.717) is 17.3 Å². The van der Waals surface area contributed by atoms with E-state index in [1.807, 2.05) is 24.8 Å². The standard InChI is InChI=1S/C15H21NO3S/c1-5-16(9-10(2)3)15(19)13-8-11(4)12(20-13)6-7-14(17)18/h6-8,10H,5,9H2,1-4H3,(H,17,18)/b7-6+. The molecule has 0 spiro atoms. The second kappa shape index (κ2) is 7.24. The molecule has 0 unspecified atom stereocenters. The fourth-order valence-corrected chi connectivity index (χ4v) is 2.91. The summed E-state index contributed by atoms with van der Waals surface area (Å²) in [5, 5.41) is 8.65. The summed E-state index contributed by atoms with van der Waals surface area (Å²) in [6.07, 6.45) is 2.64. The van der Waals surface area contributed by atoms with Crippen molar-refractivity contribution >= 4 is 29.3 Å². The molecule has 0 aliphatic carbocycles. The number of carbonyl (C=O) groups excluding carboxylic acids is 1. The van der Waals surface area contributed by atoms with E-state index in [9.17, 15) is 9.59 Å². The van der Waals surface area contributed by atoms with Gasteiger partial charge in [0.2, 0.25) is 0 Å². The van der Waals surface area contributed by atoms with Crippen molar-refractivity contribution in [2.24, 2.45) is 5.92 Å². The number of carboxylic acids is 1. The molecule has 1 rings (SSSR count). The molecule has 4 nitrogen and oxygen atoms in total. The van der Waals surface area contributed by atoms with Crippen LogP contribution >= 0.6 is 11.3 Å². The van der Waals surface area contributed by atoms with Gasteiger partial charge in [0.1, 0.15) is 0 Å². The van der Waals surface area contributed by atoms with Crippen molar-refractivity contribution in [1.82, 2.24) is 4.90 Å². The molecule has 0 atom stereocenters. The van der Waals surface area contributed by atoms with E-state index >= 15 is 0 Å². The van der Waals surface area contributed by atoms with Gasteiger partial charge in [0.05, 0.1) is 4.88 Å². The largest absolute Gasteiger partial charge is 0.478 e. The Hall–Kier alpha value is -1.62. The third-order valence-electron chi connectivity index (χ3n) is 2.80. The minimum Gasteiger partial charge on any atom is -0.478 e. The topological polar surface area (TPSA) is 57.6 Å². The van der Waals surface area contributed by atoms with E-state index in [2.05, 4.69) is 13.8 Å². The third kappa shape index (κ3) is 4.49. The summed E-state index contributed by atoms with van der Waals surface area (Å²) < 4.78 is 0. The monoisotopic (exact) mass is 295 g/mol. The molecule has 1 aromatic rings. The highest BCUT2D eigenvalue weighted by Crippen LogP contribution is 2.24. The van der Waals surface area contributed by atoms with Crippen molar-refractivity contribution < 1.29 is 14.7 Å². The summed E-state index contributed by atoms with van der Waals surface area (Å²) in [5.41, 5.74) is 0.927. The van der Waals surface area contributed by atoms with Gasteiger partial charge in [-0.2, -0.15) is 0 Å². The highest BCUT2D eigenvalue weighted by atomic mass is 32.1. The number of rotatable bonds is 6. The predicted octanol–water partition coefficient (Wildman–Crippen LogP) is 3.27. The Balaban J connectivity index is 2.94. The Morgan fingerprint density at radius 2 is 2.10 bits per heavy atom. The average molecular weight is 295 g/mol. The highest BCUT2D eigenvalue weighted by Gasteiger charge is 2.18. The van der Waals surface area contributed by atoms with E-state index in [4.69, 9.17) is 5.11 Å². The van der Waals surface area contributed by atoms with Crippen LogP contribution in [0.5, 0.6) is 0 Å². The number of aryl methyl sites for hydroxylation is 1. The molecule has 0 radical (unpaired) electrons. The van der Waals surface area contributed by atoms with E-state index in [1.165, 1.54) is 17.4 Å². The fourth-order valence-electron chi connectivity index (χ4n) is 1.87. The molecule has 0 saturated heterocycles. The molecule has 1 heterocycles. The first-order valence-corrected chi connectivity index (χ1v) is 7.47. The molecular weight excluding hydrogens is 274 g/mol. The van der Waals surface area contributed by atoms with Gasteiger partial charge >= 0.3 is 5.97 Å². The molecule has 1 amide bonds. The van der Waals surface area contributed by atoms with Crippen LogP contribution in [0.4, 0.5) is 0 Å². The van der Waals surface area contributed by atoms with Crippen molar-refractivity contribution in [1.29, 1.82) is 0 Å². The number of hydrogen-bond acceptors (Lipinski definition) is 3. The van der Waals surface area contributed by atoms with Gasteiger partial charge in [-0.05, 0) is 37.5 Å².